The number of carbonyl (C=O) groups is 3. The molecule has 3 aromatic carbocycles. The lowest BCUT2D eigenvalue weighted by Gasteiger charge is -2.37. The van der Waals surface area contributed by atoms with Crippen LogP contribution < -0.4 is 15.0 Å². The molecule has 0 unspecified atom stereocenters. The van der Waals surface area contributed by atoms with E-state index in [-0.39, 0.29) is 17.7 Å². The summed E-state index contributed by atoms with van der Waals surface area (Å²) in [6, 6.07) is 21.5. The van der Waals surface area contributed by atoms with Crippen molar-refractivity contribution in [3.05, 3.63) is 89.5 Å². The molecular formula is C30H32N4O5. The molecule has 0 aliphatic carbocycles. The van der Waals surface area contributed by atoms with Crippen LogP contribution in [0.3, 0.4) is 0 Å². The standard InChI is InChI=1S/C30H32N4O5/c1-38-25-10-7-23(8-11-25)29(36)33-15-13-32(14-16-33)27-12-9-24(31-28(35)22-5-3-2-4-6-22)21-26(27)30(37)34-17-19-39-20-18-34/h2-12,21H,13-20H2,1H3,(H,31,35). The van der Waals surface area contributed by atoms with Crippen molar-refractivity contribution < 1.29 is 23.9 Å². The number of amides is 3. The molecule has 2 saturated heterocycles. The van der Waals surface area contributed by atoms with Gasteiger partial charge in [0.2, 0.25) is 0 Å². The smallest absolute Gasteiger partial charge is 0.256 e. The minimum Gasteiger partial charge on any atom is -0.497 e. The number of hydrogen-bond donors (Lipinski definition) is 1. The maximum absolute atomic E-state index is 13.6. The topological polar surface area (TPSA) is 91.4 Å². The number of nitrogens with zero attached hydrogens (tertiary/aromatic N) is 3. The molecule has 5 rings (SSSR count). The van der Waals surface area contributed by atoms with Gasteiger partial charge >= 0.3 is 0 Å². The minimum absolute atomic E-state index is 0.0270. The zero-order valence-electron chi connectivity index (χ0n) is 22.0. The maximum Gasteiger partial charge on any atom is 0.256 e. The van der Waals surface area contributed by atoms with Crippen molar-refractivity contribution in [3.63, 3.8) is 0 Å². The van der Waals surface area contributed by atoms with Gasteiger partial charge in [-0.2, -0.15) is 0 Å². The number of ether oxygens (including phenoxy) is 2. The Kier molecular flexibility index (Phi) is 8.07. The summed E-state index contributed by atoms with van der Waals surface area (Å²) in [7, 11) is 1.60. The van der Waals surface area contributed by atoms with Crippen molar-refractivity contribution in [1.29, 1.82) is 0 Å². The van der Waals surface area contributed by atoms with Crippen molar-refractivity contribution in [3.8, 4) is 5.75 Å². The average molecular weight is 529 g/mol. The van der Waals surface area contributed by atoms with Gasteiger partial charge in [0.25, 0.3) is 17.7 Å². The highest BCUT2D eigenvalue weighted by atomic mass is 16.5. The quantitative estimate of drug-likeness (QED) is 0.528. The molecule has 3 aromatic rings. The molecule has 39 heavy (non-hydrogen) atoms. The zero-order chi connectivity index (χ0) is 27.2. The number of methoxy groups -OCH3 is 1. The van der Waals surface area contributed by atoms with E-state index in [2.05, 4.69) is 10.2 Å². The second-order valence-corrected chi connectivity index (χ2v) is 9.46. The van der Waals surface area contributed by atoms with E-state index in [0.29, 0.717) is 80.6 Å². The summed E-state index contributed by atoms with van der Waals surface area (Å²) < 4.78 is 10.6. The highest BCUT2D eigenvalue weighted by Gasteiger charge is 2.28. The van der Waals surface area contributed by atoms with Gasteiger partial charge in [-0.15, -0.1) is 0 Å². The zero-order valence-corrected chi connectivity index (χ0v) is 22.0. The van der Waals surface area contributed by atoms with Gasteiger partial charge in [0.1, 0.15) is 5.75 Å². The molecule has 0 radical (unpaired) electrons. The van der Waals surface area contributed by atoms with E-state index in [1.54, 1.807) is 54.5 Å². The number of piperazine rings is 1. The lowest BCUT2D eigenvalue weighted by Crippen LogP contribution is -2.49. The Morgan fingerprint density at radius 2 is 1.41 bits per heavy atom. The molecule has 1 N–H and O–H groups in total. The molecule has 3 amide bonds. The van der Waals surface area contributed by atoms with Gasteiger partial charge in [0.15, 0.2) is 0 Å². The van der Waals surface area contributed by atoms with E-state index >= 15 is 0 Å². The molecule has 0 spiro atoms. The van der Waals surface area contributed by atoms with E-state index in [4.69, 9.17) is 9.47 Å². The largest absolute Gasteiger partial charge is 0.497 e. The Bertz CT molecular complexity index is 1310. The average Bonchev–Trinajstić information content (AvgIpc) is 3.01. The van der Waals surface area contributed by atoms with Gasteiger partial charge in [-0.25, -0.2) is 0 Å². The molecule has 202 valence electrons. The second kappa shape index (κ2) is 12.0. The van der Waals surface area contributed by atoms with Crippen LogP contribution in [-0.4, -0.2) is 87.1 Å². The fourth-order valence-corrected chi connectivity index (χ4v) is 4.86. The van der Waals surface area contributed by atoms with Gasteiger partial charge < -0.3 is 29.5 Å². The molecule has 0 saturated carbocycles. The normalized spacial score (nSPS) is 15.6. The van der Waals surface area contributed by atoms with Gasteiger partial charge in [0, 0.05) is 61.8 Å². The van der Waals surface area contributed by atoms with Gasteiger partial charge in [0.05, 0.1) is 25.9 Å². The molecule has 2 aliphatic rings. The second-order valence-electron chi connectivity index (χ2n) is 9.46. The lowest BCUT2D eigenvalue weighted by molar-refractivity contribution is 0.0303. The van der Waals surface area contributed by atoms with Crippen molar-refractivity contribution in [2.45, 2.75) is 0 Å². The molecule has 9 heteroatoms. The van der Waals surface area contributed by atoms with E-state index in [0.717, 1.165) is 5.69 Å². The number of nitrogens with one attached hydrogen (secondary N) is 1. The van der Waals surface area contributed by atoms with Crippen LogP contribution >= 0.6 is 0 Å². The highest BCUT2D eigenvalue weighted by Crippen LogP contribution is 2.28. The maximum atomic E-state index is 13.6. The summed E-state index contributed by atoms with van der Waals surface area (Å²) in [5, 5.41) is 2.92. The Morgan fingerprint density at radius 3 is 2.08 bits per heavy atom. The summed E-state index contributed by atoms with van der Waals surface area (Å²) in [6.07, 6.45) is 0. The third-order valence-corrected chi connectivity index (χ3v) is 7.06. The summed E-state index contributed by atoms with van der Waals surface area (Å²) in [6.45, 7) is 4.26. The number of anilines is 2. The van der Waals surface area contributed by atoms with Gasteiger partial charge in [-0.3, -0.25) is 14.4 Å². The number of rotatable bonds is 6. The molecule has 0 atom stereocenters. The van der Waals surface area contributed by atoms with Crippen molar-refractivity contribution in [2.24, 2.45) is 0 Å². The third-order valence-electron chi connectivity index (χ3n) is 7.06. The Labute approximate surface area is 227 Å². The highest BCUT2D eigenvalue weighted by molar-refractivity contribution is 6.06. The summed E-state index contributed by atoms with van der Waals surface area (Å²) in [5.74, 6) is 0.345. The van der Waals surface area contributed by atoms with Crippen LogP contribution in [0.4, 0.5) is 11.4 Å². The Hall–Kier alpha value is -4.37. The molecule has 2 heterocycles. The molecule has 2 fully saturated rings. The van der Waals surface area contributed by atoms with Crippen LogP contribution in [-0.2, 0) is 4.74 Å². The molecule has 0 bridgehead atoms. The first-order chi connectivity index (χ1) is 19.0. The third kappa shape index (κ3) is 6.04. The van der Waals surface area contributed by atoms with Crippen LogP contribution in [0.5, 0.6) is 5.75 Å². The van der Waals surface area contributed by atoms with Crippen LogP contribution in [0.1, 0.15) is 31.1 Å². The summed E-state index contributed by atoms with van der Waals surface area (Å²) in [5.41, 5.74) is 3.03. The SMILES string of the molecule is COc1ccc(C(=O)N2CCN(c3ccc(NC(=O)c4ccccc4)cc3C(=O)N3CCOCC3)CC2)cc1. The number of benzene rings is 3. The minimum atomic E-state index is -0.237. The predicted octanol–water partition coefficient (Wildman–Crippen LogP) is 3.38. The number of hydrogen-bond acceptors (Lipinski definition) is 6. The van der Waals surface area contributed by atoms with E-state index in [1.165, 1.54) is 0 Å². The van der Waals surface area contributed by atoms with E-state index in [9.17, 15) is 14.4 Å². The summed E-state index contributed by atoms with van der Waals surface area (Å²) in [4.78, 5) is 45.2. The first-order valence-corrected chi connectivity index (χ1v) is 13.1. The fourth-order valence-electron chi connectivity index (χ4n) is 4.86. The predicted molar refractivity (Wildman–Crippen MR) is 149 cm³/mol. The molecule has 9 nitrogen and oxygen atoms in total. The van der Waals surface area contributed by atoms with Crippen LogP contribution in [0.2, 0.25) is 0 Å². The molecule has 0 aromatic heterocycles. The first-order valence-electron chi connectivity index (χ1n) is 13.1. The van der Waals surface area contributed by atoms with Gasteiger partial charge in [-0.1, -0.05) is 18.2 Å². The fraction of sp³-hybridized carbons (Fsp3) is 0.300. The number of carbonyl (C=O) groups excluding carboxylic acids is 3. The lowest BCUT2D eigenvalue weighted by atomic mass is 10.1. The van der Waals surface area contributed by atoms with Crippen molar-refractivity contribution in [1.82, 2.24) is 9.80 Å². The van der Waals surface area contributed by atoms with Crippen LogP contribution in [0.15, 0.2) is 72.8 Å². The Morgan fingerprint density at radius 1 is 0.744 bits per heavy atom. The van der Waals surface area contributed by atoms with Crippen molar-refractivity contribution in [2.75, 3.05) is 69.8 Å². The van der Waals surface area contributed by atoms with Crippen LogP contribution in [0.25, 0.3) is 0 Å². The van der Waals surface area contributed by atoms with Gasteiger partial charge in [-0.05, 0) is 54.6 Å². The van der Waals surface area contributed by atoms with E-state index < -0.39 is 0 Å². The monoisotopic (exact) mass is 528 g/mol. The molecular weight excluding hydrogens is 496 g/mol. The first kappa shape index (κ1) is 26.2. The Balaban J connectivity index is 1.34. The molecule has 2 aliphatic heterocycles. The van der Waals surface area contributed by atoms with Crippen molar-refractivity contribution >= 4 is 29.1 Å². The number of morpholine rings is 1. The summed E-state index contributed by atoms with van der Waals surface area (Å²) >= 11 is 0. The van der Waals surface area contributed by atoms with Crippen LogP contribution in [0, 0.1) is 0 Å². The van der Waals surface area contributed by atoms with E-state index in [1.807, 2.05) is 35.2 Å².